The van der Waals surface area contributed by atoms with Gasteiger partial charge in [-0.05, 0) is 56.5 Å². The zero-order valence-electron chi connectivity index (χ0n) is 18.2. The van der Waals surface area contributed by atoms with Gasteiger partial charge in [0.1, 0.15) is 17.1 Å². The second kappa shape index (κ2) is 7.78. The minimum atomic E-state index is -0.506. The standard InChI is InChI=1S/C25H29NO4/c1-16-5-8-22(18(3)13-16)29-15-23(28)26-11-9-25(10-12-26)14-21(27)20-7-6-17(2)19(4)24(20)30-25/h5-8,13H,9-12,14-15H2,1-4H3. The third kappa shape index (κ3) is 3.81. The molecule has 0 N–H and O–H groups in total. The highest BCUT2D eigenvalue weighted by Crippen LogP contribution is 2.41. The van der Waals surface area contributed by atoms with E-state index in [2.05, 4.69) is 0 Å². The lowest BCUT2D eigenvalue weighted by Crippen LogP contribution is -2.53. The lowest BCUT2D eigenvalue weighted by Gasteiger charge is -2.44. The quantitative estimate of drug-likeness (QED) is 0.760. The summed E-state index contributed by atoms with van der Waals surface area (Å²) < 4.78 is 12.2. The molecule has 2 aliphatic heterocycles. The number of carbonyl (C=O) groups is 2. The summed E-state index contributed by atoms with van der Waals surface area (Å²) in [6.45, 7) is 9.22. The maximum atomic E-state index is 12.8. The average Bonchev–Trinajstić information content (AvgIpc) is 2.71. The Hall–Kier alpha value is -2.82. The van der Waals surface area contributed by atoms with E-state index in [1.807, 2.05) is 62.9 Å². The van der Waals surface area contributed by atoms with E-state index in [-0.39, 0.29) is 18.3 Å². The van der Waals surface area contributed by atoms with E-state index in [1.54, 1.807) is 0 Å². The molecule has 4 rings (SSSR count). The van der Waals surface area contributed by atoms with Crippen LogP contribution in [-0.4, -0.2) is 41.9 Å². The molecular formula is C25H29NO4. The number of fused-ring (bicyclic) bond motifs is 1. The Bertz CT molecular complexity index is 1000. The topological polar surface area (TPSA) is 55.8 Å². The van der Waals surface area contributed by atoms with E-state index in [1.165, 1.54) is 5.56 Å². The Morgan fingerprint density at radius 3 is 2.50 bits per heavy atom. The summed E-state index contributed by atoms with van der Waals surface area (Å²) in [5, 5.41) is 0. The first-order valence-electron chi connectivity index (χ1n) is 10.6. The van der Waals surface area contributed by atoms with Crippen molar-refractivity contribution in [2.75, 3.05) is 19.7 Å². The van der Waals surface area contributed by atoms with Crippen molar-refractivity contribution >= 4 is 11.7 Å². The number of benzene rings is 2. The minimum Gasteiger partial charge on any atom is -0.486 e. The third-order valence-electron chi connectivity index (χ3n) is 6.49. The van der Waals surface area contributed by atoms with E-state index >= 15 is 0 Å². The molecule has 0 aliphatic carbocycles. The van der Waals surface area contributed by atoms with E-state index in [0.29, 0.717) is 37.9 Å². The van der Waals surface area contributed by atoms with Crippen LogP contribution in [0.25, 0.3) is 0 Å². The first-order chi connectivity index (χ1) is 14.3. The van der Waals surface area contributed by atoms with Gasteiger partial charge in [-0.25, -0.2) is 0 Å². The summed E-state index contributed by atoms with van der Waals surface area (Å²) >= 11 is 0. The highest BCUT2D eigenvalue weighted by Gasteiger charge is 2.44. The molecule has 30 heavy (non-hydrogen) atoms. The Labute approximate surface area is 178 Å². The number of ether oxygens (including phenoxy) is 2. The van der Waals surface area contributed by atoms with Crippen LogP contribution in [0.3, 0.4) is 0 Å². The molecule has 0 unspecified atom stereocenters. The Morgan fingerprint density at radius 1 is 1.07 bits per heavy atom. The second-order valence-corrected chi connectivity index (χ2v) is 8.71. The van der Waals surface area contributed by atoms with Crippen molar-refractivity contribution in [2.45, 2.75) is 52.6 Å². The van der Waals surface area contributed by atoms with Crippen LogP contribution in [0, 0.1) is 27.7 Å². The van der Waals surface area contributed by atoms with Crippen LogP contribution in [0.5, 0.6) is 11.5 Å². The maximum absolute atomic E-state index is 12.8. The molecule has 0 atom stereocenters. The molecule has 0 saturated carbocycles. The lowest BCUT2D eigenvalue weighted by atomic mass is 9.81. The Kier molecular flexibility index (Phi) is 5.31. The summed E-state index contributed by atoms with van der Waals surface area (Å²) in [6, 6.07) is 9.78. The van der Waals surface area contributed by atoms with Crippen LogP contribution < -0.4 is 9.47 Å². The van der Waals surface area contributed by atoms with Gasteiger partial charge in [0.25, 0.3) is 5.91 Å². The zero-order valence-corrected chi connectivity index (χ0v) is 18.2. The number of hydrogen-bond acceptors (Lipinski definition) is 4. The van der Waals surface area contributed by atoms with Crippen molar-refractivity contribution in [2.24, 2.45) is 0 Å². The van der Waals surface area contributed by atoms with Crippen LogP contribution in [0.4, 0.5) is 0 Å². The first kappa shape index (κ1) is 20.5. The summed E-state index contributed by atoms with van der Waals surface area (Å²) in [5.74, 6) is 1.58. The highest BCUT2D eigenvalue weighted by molar-refractivity contribution is 6.01. The minimum absolute atomic E-state index is 0.0256. The molecule has 1 amide bonds. The molecule has 5 nitrogen and oxygen atoms in total. The molecule has 2 aromatic rings. The van der Waals surface area contributed by atoms with Crippen LogP contribution in [0.15, 0.2) is 30.3 Å². The second-order valence-electron chi connectivity index (χ2n) is 8.71. The normalized spacial score (nSPS) is 17.5. The number of hydrogen-bond donors (Lipinski definition) is 0. The fourth-order valence-corrected chi connectivity index (χ4v) is 4.42. The Balaban J connectivity index is 1.39. The first-order valence-corrected chi connectivity index (χ1v) is 10.6. The highest BCUT2D eigenvalue weighted by atomic mass is 16.5. The van der Waals surface area contributed by atoms with Gasteiger partial charge in [-0.3, -0.25) is 9.59 Å². The Morgan fingerprint density at radius 2 is 1.80 bits per heavy atom. The van der Waals surface area contributed by atoms with E-state index < -0.39 is 5.60 Å². The van der Waals surface area contributed by atoms with Crippen molar-refractivity contribution in [1.29, 1.82) is 0 Å². The van der Waals surface area contributed by atoms with Crippen LogP contribution in [0.2, 0.25) is 0 Å². The molecule has 2 aromatic carbocycles. The fourth-order valence-electron chi connectivity index (χ4n) is 4.42. The number of piperidine rings is 1. The maximum Gasteiger partial charge on any atom is 0.260 e. The molecular weight excluding hydrogens is 378 g/mol. The fraction of sp³-hybridized carbons (Fsp3) is 0.440. The summed E-state index contributed by atoms with van der Waals surface area (Å²) in [4.78, 5) is 27.3. The molecule has 1 spiro atoms. The van der Waals surface area contributed by atoms with Crippen LogP contribution in [0.1, 0.15) is 51.9 Å². The molecule has 2 heterocycles. The lowest BCUT2D eigenvalue weighted by molar-refractivity contribution is -0.136. The molecule has 1 saturated heterocycles. The van der Waals surface area contributed by atoms with Gasteiger partial charge in [0.05, 0.1) is 12.0 Å². The molecule has 5 heteroatoms. The SMILES string of the molecule is Cc1ccc(OCC(=O)N2CCC3(CC2)CC(=O)c2ccc(C)c(C)c2O3)c(C)c1. The monoisotopic (exact) mass is 407 g/mol. The predicted molar refractivity (Wildman–Crippen MR) is 115 cm³/mol. The number of carbonyl (C=O) groups excluding carboxylic acids is 2. The van der Waals surface area contributed by atoms with Gasteiger partial charge in [-0.1, -0.05) is 23.8 Å². The van der Waals surface area contributed by atoms with E-state index in [4.69, 9.17) is 9.47 Å². The van der Waals surface area contributed by atoms with Crippen LogP contribution in [-0.2, 0) is 4.79 Å². The number of ketones is 1. The number of rotatable bonds is 3. The van der Waals surface area contributed by atoms with Crippen LogP contribution >= 0.6 is 0 Å². The third-order valence-corrected chi connectivity index (χ3v) is 6.49. The molecule has 158 valence electrons. The summed E-state index contributed by atoms with van der Waals surface area (Å²) in [5.41, 5.74) is 4.52. The average molecular weight is 408 g/mol. The molecule has 2 aliphatic rings. The number of aryl methyl sites for hydroxylation is 3. The largest absolute Gasteiger partial charge is 0.486 e. The number of nitrogens with zero attached hydrogens (tertiary/aromatic N) is 1. The van der Waals surface area contributed by atoms with Gasteiger partial charge < -0.3 is 14.4 Å². The van der Waals surface area contributed by atoms with Gasteiger partial charge in [-0.15, -0.1) is 0 Å². The summed E-state index contributed by atoms with van der Waals surface area (Å²) in [6.07, 6.45) is 1.69. The smallest absolute Gasteiger partial charge is 0.260 e. The van der Waals surface area contributed by atoms with Crippen molar-refractivity contribution in [3.8, 4) is 11.5 Å². The van der Waals surface area contributed by atoms with Gasteiger partial charge >= 0.3 is 0 Å². The molecule has 0 bridgehead atoms. The van der Waals surface area contributed by atoms with Crippen molar-refractivity contribution in [3.63, 3.8) is 0 Å². The molecule has 1 fully saturated rings. The summed E-state index contributed by atoms with van der Waals surface area (Å²) in [7, 11) is 0. The van der Waals surface area contributed by atoms with Gasteiger partial charge in [0.15, 0.2) is 12.4 Å². The van der Waals surface area contributed by atoms with Crippen molar-refractivity contribution < 1.29 is 19.1 Å². The number of likely N-dealkylation sites (tertiary alicyclic amines) is 1. The predicted octanol–water partition coefficient (Wildman–Crippen LogP) is 4.33. The van der Waals surface area contributed by atoms with Crippen molar-refractivity contribution in [1.82, 2.24) is 4.90 Å². The molecule has 0 aromatic heterocycles. The van der Waals surface area contributed by atoms with E-state index in [0.717, 1.165) is 28.2 Å². The van der Waals surface area contributed by atoms with Gasteiger partial charge in [0, 0.05) is 25.9 Å². The zero-order chi connectivity index (χ0) is 21.5. The van der Waals surface area contributed by atoms with Gasteiger partial charge in [0.2, 0.25) is 0 Å². The van der Waals surface area contributed by atoms with Gasteiger partial charge in [-0.2, -0.15) is 0 Å². The van der Waals surface area contributed by atoms with E-state index in [9.17, 15) is 9.59 Å². The number of Topliss-reactive ketones (excluding diaryl/α,β-unsaturated/α-hetero) is 1. The number of amides is 1. The molecule has 0 radical (unpaired) electrons. The van der Waals surface area contributed by atoms with Crippen molar-refractivity contribution in [3.05, 3.63) is 58.1 Å².